The van der Waals surface area contributed by atoms with Gasteiger partial charge in [-0.25, -0.2) is 0 Å². The average molecular weight is 322 g/mol. The molecule has 6 heteroatoms. The second kappa shape index (κ2) is 6.67. The Bertz CT molecular complexity index is 555. The first-order valence-electron chi connectivity index (χ1n) is 7.76. The van der Waals surface area contributed by atoms with Gasteiger partial charge < -0.3 is 15.5 Å². The first-order chi connectivity index (χ1) is 10.6. The molecule has 2 unspecified atom stereocenters. The molecule has 118 valence electrons. The quantitative estimate of drug-likeness (QED) is 0.891. The first kappa shape index (κ1) is 15.3. The van der Waals surface area contributed by atoms with Crippen LogP contribution in [0.15, 0.2) is 24.3 Å². The van der Waals surface area contributed by atoms with E-state index in [4.69, 9.17) is 11.6 Å². The molecule has 2 heterocycles. The third-order valence-electron chi connectivity index (χ3n) is 4.29. The van der Waals surface area contributed by atoms with E-state index in [0.29, 0.717) is 18.0 Å². The number of amides is 2. The van der Waals surface area contributed by atoms with Crippen molar-refractivity contribution >= 4 is 29.1 Å². The molecule has 1 aromatic carbocycles. The summed E-state index contributed by atoms with van der Waals surface area (Å²) in [6, 6.07) is 6.60. The Kier molecular flexibility index (Phi) is 4.64. The molecule has 0 saturated carbocycles. The highest BCUT2D eigenvalue weighted by atomic mass is 35.5. The Labute approximate surface area is 135 Å². The van der Waals surface area contributed by atoms with E-state index in [1.165, 1.54) is 0 Å². The lowest BCUT2D eigenvalue weighted by molar-refractivity contribution is -0.128. The van der Waals surface area contributed by atoms with Gasteiger partial charge in [-0.3, -0.25) is 9.59 Å². The van der Waals surface area contributed by atoms with Crippen LogP contribution in [0.4, 0.5) is 5.69 Å². The molecule has 2 atom stereocenters. The highest BCUT2D eigenvalue weighted by Gasteiger charge is 2.35. The fourth-order valence-electron chi connectivity index (χ4n) is 3.04. The van der Waals surface area contributed by atoms with E-state index in [9.17, 15) is 9.59 Å². The van der Waals surface area contributed by atoms with Crippen LogP contribution in [0.1, 0.15) is 25.7 Å². The van der Waals surface area contributed by atoms with Gasteiger partial charge in [-0.1, -0.05) is 18.0 Å². The third-order valence-corrected chi connectivity index (χ3v) is 4.54. The molecule has 2 aliphatic heterocycles. The smallest absolute Gasteiger partial charge is 0.249 e. The summed E-state index contributed by atoms with van der Waals surface area (Å²) in [5, 5.41) is 6.74. The van der Waals surface area contributed by atoms with Gasteiger partial charge in [0, 0.05) is 17.3 Å². The van der Waals surface area contributed by atoms with Gasteiger partial charge in [0.15, 0.2) is 0 Å². The standard InChI is InChI=1S/C16H20ClN3O2/c17-11-4-6-12(7-5-11)20-10-8-14(16(20)22)19-15(21)13-3-1-2-9-18-13/h4-7,13-14,18H,1-3,8-10H2,(H,19,21). The summed E-state index contributed by atoms with van der Waals surface area (Å²) in [5.74, 6) is -0.109. The Hall–Kier alpha value is -1.59. The number of hydrogen-bond donors (Lipinski definition) is 2. The van der Waals surface area contributed by atoms with Crippen LogP contribution < -0.4 is 15.5 Å². The fraction of sp³-hybridized carbons (Fsp3) is 0.500. The zero-order valence-corrected chi connectivity index (χ0v) is 13.1. The van der Waals surface area contributed by atoms with Crippen LogP contribution in [0.5, 0.6) is 0 Å². The maximum atomic E-state index is 12.5. The van der Waals surface area contributed by atoms with E-state index in [1.807, 2.05) is 12.1 Å². The van der Waals surface area contributed by atoms with Gasteiger partial charge in [0.05, 0.1) is 6.04 Å². The number of carbonyl (C=O) groups is 2. The van der Waals surface area contributed by atoms with Gasteiger partial charge in [-0.15, -0.1) is 0 Å². The van der Waals surface area contributed by atoms with Crippen LogP contribution in [0.25, 0.3) is 0 Å². The average Bonchev–Trinajstić information content (AvgIpc) is 2.90. The second-order valence-corrected chi connectivity index (χ2v) is 6.26. The predicted molar refractivity (Wildman–Crippen MR) is 86.0 cm³/mol. The summed E-state index contributed by atoms with van der Waals surface area (Å²) in [5.41, 5.74) is 0.821. The summed E-state index contributed by atoms with van der Waals surface area (Å²) in [4.78, 5) is 26.4. The Morgan fingerprint density at radius 3 is 2.68 bits per heavy atom. The van der Waals surface area contributed by atoms with E-state index in [2.05, 4.69) is 10.6 Å². The Morgan fingerprint density at radius 1 is 1.23 bits per heavy atom. The van der Waals surface area contributed by atoms with E-state index in [-0.39, 0.29) is 17.9 Å². The number of nitrogens with one attached hydrogen (secondary N) is 2. The summed E-state index contributed by atoms with van der Waals surface area (Å²) in [7, 11) is 0. The van der Waals surface area contributed by atoms with Crippen LogP contribution in [0, 0.1) is 0 Å². The minimum Gasteiger partial charge on any atom is -0.343 e. The number of halogens is 1. The molecule has 2 saturated heterocycles. The number of nitrogens with zero attached hydrogens (tertiary/aromatic N) is 1. The summed E-state index contributed by atoms with van der Waals surface area (Å²) < 4.78 is 0. The molecule has 22 heavy (non-hydrogen) atoms. The van der Waals surface area contributed by atoms with Crippen LogP contribution in [-0.4, -0.2) is 37.0 Å². The van der Waals surface area contributed by atoms with Gasteiger partial charge in [-0.2, -0.15) is 0 Å². The highest BCUT2D eigenvalue weighted by Crippen LogP contribution is 2.23. The zero-order valence-electron chi connectivity index (χ0n) is 12.3. The van der Waals surface area contributed by atoms with Crippen LogP contribution >= 0.6 is 11.6 Å². The molecule has 5 nitrogen and oxygen atoms in total. The SMILES string of the molecule is O=C(NC1CCN(c2ccc(Cl)cc2)C1=O)C1CCCCN1. The maximum Gasteiger partial charge on any atom is 0.249 e. The number of anilines is 1. The minimum absolute atomic E-state index is 0.0496. The van der Waals surface area contributed by atoms with Crippen molar-refractivity contribution < 1.29 is 9.59 Å². The maximum absolute atomic E-state index is 12.5. The van der Waals surface area contributed by atoms with Crippen LogP contribution in [-0.2, 0) is 9.59 Å². The number of hydrogen-bond acceptors (Lipinski definition) is 3. The minimum atomic E-state index is -0.424. The zero-order chi connectivity index (χ0) is 15.5. The summed E-state index contributed by atoms with van der Waals surface area (Å²) >= 11 is 5.87. The number of benzene rings is 1. The van der Waals surface area contributed by atoms with E-state index in [1.54, 1.807) is 17.0 Å². The van der Waals surface area contributed by atoms with Crippen molar-refractivity contribution in [2.45, 2.75) is 37.8 Å². The summed E-state index contributed by atoms with van der Waals surface area (Å²) in [6.45, 7) is 1.48. The molecule has 0 bridgehead atoms. The monoisotopic (exact) mass is 321 g/mol. The van der Waals surface area contributed by atoms with E-state index in [0.717, 1.165) is 31.5 Å². The molecular formula is C16H20ClN3O2. The molecule has 1 aromatic rings. The lowest BCUT2D eigenvalue weighted by Crippen LogP contribution is -2.51. The van der Waals surface area contributed by atoms with Crippen molar-refractivity contribution in [3.63, 3.8) is 0 Å². The molecular weight excluding hydrogens is 302 g/mol. The first-order valence-corrected chi connectivity index (χ1v) is 8.13. The van der Waals surface area contributed by atoms with Crippen molar-refractivity contribution in [1.29, 1.82) is 0 Å². The molecule has 0 spiro atoms. The number of rotatable bonds is 3. The molecule has 3 rings (SSSR count). The fourth-order valence-corrected chi connectivity index (χ4v) is 3.17. The molecule has 0 aromatic heterocycles. The normalized spacial score (nSPS) is 25.3. The Morgan fingerprint density at radius 2 is 2.00 bits per heavy atom. The number of piperidine rings is 1. The molecule has 0 radical (unpaired) electrons. The molecule has 2 aliphatic rings. The number of carbonyl (C=O) groups excluding carboxylic acids is 2. The van der Waals surface area contributed by atoms with Gasteiger partial charge in [-0.05, 0) is 50.1 Å². The third kappa shape index (κ3) is 3.25. The molecule has 2 N–H and O–H groups in total. The van der Waals surface area contributed by atoms with E-state index < -0.39 is 6.04 Å². The molecule has 0 aliphatic carbocycles. The van der Waals surface area contributed by atoms with Gasteiger partial charge in [0.1, 0.15) is 6.04 Å². The van der Waals surface area contributed by atoms with Crippen molar-refractivity contribution in [3.8, 4) is 0 Å². The predicted octanol–water partition coefficient (Wildman–Crippen LogP) is 1.70. The summed E-state index contributed by atoms with van der Waals surface area (Å²) in [6.07, 6.45) is 3.64. The lowest BCUT2D eigenvalue weighted by atomic mass is 10.0. The molecule has 2 amide bonds. The van der Waals surface area contributed by atoms with Crippen LogP contribution in [0.2, 0.25) is 5.02 Å². The van der Waals surface area contributed by atoms with Crippen molar-refractivity contribution in [3.05, 3.63) is 29.3 Å². The topological polar surface area (TPSA) is 61.4 Å². The Balaban J connectivity index is 1.61. The van der Waals surface area contributed by atoms with Gasteiger partial charge in [0.25, 0.3) is 0 Å². The van der Waals surface area contributed by atoms with E-state index >= 15 is 0 Å². The largest absolute Gasteiger partial charge is 0.343 e. The second-order valence-electron chi connectivity index (χ2n) is 5.82. The van der Waals surface area contributed by atoms with Crippen LogP contribution in [0.3, 0.4) is 0 Å². The van der Waals surface area contributed by atoms with Gasteiger partial charge >= 0.3 is 0 Å². The van der Waals surface area contributed by atoms with Gasteiger partial charge in [0.2, 0.25) is 11.8 Å². The molecule has 2 fully saturated rings. The van der Waals surface area contributed by atoms with Crippen molar-refractivity contribution in [2.75, 3.05) is 18.0 Å². The highest BCUT2D eigenvalue weighted by molar-refractivity contribution is 6.30. The van der Waals surface area contributed by atoms with Crippen molar-refractivity contribution in [1.82, 2.24) is 10.6 Å². The van der Waals surface area contributed by atoms with Crippen molar-refractivity contribution in [2.24, 2.45) is 0 Å². The lowest BCUT2D eigenvalue weighted by Gasteiger charge is -2.24.